The van der Waals surface area contributed by atoms with E-state index in [0.29, 0.717) is 5.92 Å². The van der Waals surface area contributed by atoms with Crippen molar-refractivity contribution in [3.05, 3.63) is 28.4 Å². The Kier molecular flexibility index (Phi) is 2.59. The van der Waals surface area contributed by atoms with Gasteiger partial charge in [0.25, 0.3) is 0 Å². The second kappa shape index (κ2) is 3.73. The van der Waals surface area contributed by atoms with Crippen molar-refractivity contribution in [3.8, 4) is 0 Å². The Morgan fingerprint density at radius 2 is 2.21 bits per heavy atom. The maximum Gasteiger partial charge on any atom is 0.144 e. The molecule has 0 spiro atoms. The van der Waals surface area contributed by atoms with Gasteiger partial charge in [0.1, 0.15) is 11.3 Å². The monoisotopic (exact) mass is 253 g/mol. The number of nitrogens with zero attached hydrogens (tertiary/aromatic N) is 1. The molecule has 0 aliphatic rings. The molecule has 0 saturated heterocycles. The van der Waals surface area contributed by atoms with Gasteiger partial charge in [-0.1, -0.05) is 34.9 Å². The Balaban J connectivity index is 2.50. The first-order chi connectivity index (χ1) is 6.66. The third-order valence-corrected chi connectivity index (χ3v) is 2.60. The molecule has 2 rings (SSSR count). The predicted molar refractivity (Wildman–Crippen MR) is 60.3 cm³/mol. The zero-order valence-electron chi connectivity index (χ0n) is 8.25. The molecule has 3 heteroatoms. The molecule has 1 aromatic carbocycles. The maximum atomic E-state index is 5.31. The number of benzene rings is 1. The molecule has 1 aromatic heterocycles. The topological polar surface area (TPSA) is 26.0 Å². The molecule has 0 fully saturated rings. The molecule has 0 atom stereocenters. The fourth-order valence-electron chi connectivity index (χ4n) is 1.48. The van der Waals surface area contributed by atoms with Gasteiger partial charge < -0.3 is 4.52 Å². The first-order valence-corrected chi connectivity index (χ1v) is 5.50. The van der Waals surface area contributed by atoms with E-state index < -0.39 is 0 Å². The summed E-state index contributed by atoms with van der Waals surface area (Å²) in [7, 11) is 0. The first-order valence-electron chi connectivity index (χ1n) is 4.70. The highest BCUT2D eigenvalue weighted by Gasteiger charge is 2.09. The lowest BCUT2D eigenvalue weighted by Crippen LogP contribution is -1.92. The van der Waals surface area contributed by atoms with Crippen molar-refractivity contribution in [3.63, 3.8) is 0 Å². The van der Waals surface area contributed by atoms with Crippen LogP contribution in [0, 0.1) is 5.92 Å². The SMILES string of the molecule is CC(C)Cc1onc2ccc(Br)cc12. The smallest absolute Gasteiger partial charge is 0.144 e. The molecule has 0 radical (unpaired) electrons. The van der Waals surface area contributed by atoms with Crippen molar-refractivity contribution in [2.45, 2.75) is 20.3 Å². The van der Waals surface area contributed by atoms with Crippen LogP contribution in [0.1, 0.15) is 19.6 Å². The minimum absolute atomic E-state index is 0.588. The van der Waals surface area contributed by atoms with Gasteiger partial charge in [0.2, 0.25) is 0 Å². The van der Waals surface area contributed by atoms with Gasteiger partial charge in [-0.05, 0) is 24.1 Å². The summed E-state index contributed by atoms with van der Waals surface area (Å²) in [6.45, 7) is 4.35. The van der Waals surface area contributed by atoms with E-state index in [9.17, 15) is 0 Å². The van der Waals surface area contributed by atoms with E-state index in [4.69, 9.17) is 4.52 Å². The molecule has 0 unspecified atom stereocenters. The van der Waals surface area contributed by atoms with Gasteiger partial charge in [-0.25, -0.2) is 0 Å². The molecule has 0 amide bonds. The van der Waals surface area contributed by atoms with Gasteiger partial charge in [-0.15, -0.1) is 0 Å². The van der Waals surface area contributed by atoms with E-state index in [1.54, 1.807) is 0 Å². The quantitative estimate of drug-likeness (QED) is 0.814. The van der Waals surface area contributed by atoms with Crippen molar-refractivity contribution < 1.29 is 4.52 Å². The Hall–Kier alpha value is -0.830. The number of hydrogen-bond acceptors (Lipinski definition) is 2. The third kappa shape index (κ3) is 1.82. The Labute approximate surface area is 91.4 Å². The number of aromatic nitrogens is 1. The van der Waals surface area contributed by atoms with Gasteiger partial charge >= 0.3 is 0 Å². The minimum atomic E-state index is 0.588. The van der Waals surface area contributed by atoms with Crippen LogP contribution in [0.15, 0.2) is 27.2 Å². The predicted octanol–water partition coefficient (Wildman–Crippen LogP) is 3.79. The highest BCUT2D eigenvalue weighted by atomic mass is 79.9. The fourth-order valence-corrected chi connectivity index (χ4v) is 1.84. The second-order valence-corrected chi connectivity index (χ2v) is 4.78. The van der Waals surface area contributed by atoms with E-state index in [1.807, 2.05) is 12.1 Å². The molecule has 0 N–H and O–H groups in total. The van der Waals surface area contributed by atoms with Gasteiger partial charge in [-0.3, -0.25) is 0 Å². The fraction of sp³-hybridized carbons (Fsp3) is 0.364. The zero-order valence-corrected chi connectivity index (χ0v) is 9.84. The lowest BCUT2D eigenvalue weighted by Gasteiger charge is -1.99. The van der Waals surface area contributed by atoms with E-state index in [-0.39, 0.29) is 0 Å². The normalized spacial score (nSPS) is 11.4. The van der Waals surface area contributed by atoms with E-state index >= 15 is 0 Å². The number of hydrogen-bond donors (Lipinski definition) is 0. The Morgan fingerprint density at radius 3 is 2.93 bits per heavy atom. The van der Waals surface area contributed by atoms with Crippen LogP contribution in [-0.4, -0.2) is 5.16 Å². The second-order valence-electron chi connectivity index (χ2n) is 3.87. The van der Waals surface area contributed by atoms with Crippen LogP contribution in [0.5, 0.6) is 0 Å². The van der Waals surface area contributed by atoms with Gasteiger partial charge in [0.05, 0.1) is 0 Å². The Bertz CT molecular complexity index is 447. The van der Waals surface area contributed by atoms with Crippen molar-refractivity contribution in [1.82, 2.24) is 5.16 Å². The van der Waals surface area contributed by atoms with Crippen LogP contribution >= 0.6 is 15.9 Å². The maximum absolute atomic E-state index is 5.31. The highest BCUT2D eigenvalue weighted by molar-refractivity contribution is 9.10. The van der Waals surface area contributed by atoms with Crippen molar-refractivity contribution >= 4 is 26.8 Å². The molecule has 74 valence electrons. The summed E-state index contributed by atoms with van der Waals surface area (Å²) in [5, 5.41) is 5.14. The van der Waals surface area contributed by atoms with Crippen molar-refractivity contribution in [2.24, 2.45) is 5.92 Å². The average molecular weight is 254 g/mol. The lowest BCUT2D eigenvalue weighted by atomic mass is 10.1. The summed E-state index contributed by atoms with van der Waals surface area (Å²) < 4.78 is 6.38. The standard InChI is InChI=1S/C11H12BrNO/c1-7(2)5-11-9-6-8(12)3-4-10(9)13-14-11/h3-4,6-7H,5H2,1-2H3. The van der Waals surface area contributed by atoms with Gasteiger partial charge in [0.15, 0.2) is 0 Å². The zero-order chi connectivity index (χ0) is 10.1. The summed E-state index contributed by atoms with van der Waals surface area (Å²) >= 11 is 3.45. The van der Waals surface area contributed by atoms with Crippen LogP contribution in [-0.2, 0) is 6.42 Å². The number of rotatable bonds is 2. The molecule has 2 nitrogen and oxygen atoms in total. The average Bonchev–Trinajstić information content (AvgIpc) is 2.47. The number of halogens is 1. The lowest BCUT2D eigenvalue weighted by molar-refractivity contribution is 0.376. The van der Waals surface area contributed by atoms with E-state index in [0.717, 1.165) is 27.6 Å². The summed E-state index contributed by atoms with van der Waals surface area (Å²) in [4.78, 5) is 0. The summed E-state index contributed by atoms with van der Waals surface area (Å²) in [5.41, 5.74) is 0.934. The highest BCUT2D eigenvalue weighted by Crippen LogP contribution is 2.24. The molecule has 0 aliphatic heterocycles. The summed E-state index contributed by atoms with van der Waals surface area (Å²) in [5.74, 6) is 1.57. The van der Waals surface area contributed by atoms with Crippen molar-refractivity contribution in [1.29, 1.82) is 0 Å². The van der Waals surface area contributed by atoms with Crippen LogP contribution < -0.4 is 0 Å². The van der Waals surface area contributed by atoms with Gasteiger partial charge in [0, 0.05) is 16.3 Å². The molecular formula is C11H12BrNO. The van der Waals surface area contributed by atoms with Crippen molar-refractivity contribution in [2.75, 3.05) is 0 Å². The van der Waals surface area contributed by atoms with Crippen LogP contribution in [0.25, 0.3) is 10.9 Å². The van der Waals surface area contributed by atoms with Gasteiger partial charge in [-0.2, -0.15) is 0 Å². The van der Waals surface area contributed by atoms with Crippen LogP contribution in [0.4, 0.5) is 0 Å². The molecule has 2 aromatic rings. The largest absolute Gasteiger partial charge is 0.360 e. The van der Waals surface area contributed by atoms with Crippen LogP contribution in [0.2, 0.25) is 0 Å². The van der Waals surface area contributed by atoms with E-state index in [2.05, 4.69) is 41.0 Å². The Morgan fingerprint density at radius 1 is 1.43 bits per heavy atom. The van der Waals surface area contributed by atoms with Crippen LogP contribution in [0.3, 0.4) is 0 Å². The molecule has 14 heavy (non-hydrogen) atoms. The molecular weight excluding hydrogens is 242 g/mol. The first kappa shape index (κ1) is 9.71. The summed E-state index contributed by atoms with van der Waals surface area (Å²) in [6.07, 6.45) is 0.937. The number of fused-ring (bicyclic) bond motifs is 1. The third-order valence-electron chi connectivity index (χ3n) is 2.11. The van der Waals surface area contributed by atoms with E-state index in [1.165, 1.54) is 0 Å². The molecule has 0 bridgehead atoms. The minimum Gasteiger partial charge on any atom is -0.360 e. The molecule has 0 saturated carbocycles. The molecule has 1 heterocycles. The summed E-state index contributed by atoms with van der Waals surface area (Å²) in [6, 6.07) is 6.00. The molecule has 0 aliphatic carbocycles.